The van der Waals surface area contributed by atoms with Crippen molar-refractivity contribution in [2.45, 2.75) is 5.92 Å². The van der Waals surface area contributed by atoms with Crippen molar-refractivity contribution in [3.05, 3.63) is 194 Å². The standard InChI is InChI=1S/C41H34N2O2/c1-2-41(44)45-31-40(32-23-27-38(28-24-32)42(34-15-7-3-8-16-34)35-17-9-4-10-18-35)33-25-29-39(30-26-33)43(36-19-11-5-12-20-36)37-21-13-6-14-22-37/h2-30,40H,1,31H2. The third-order valence-corrected chi connectivity index (χ3v) is 7.72. The normalized spacial score (nSPS) is 10.7. The highest BCUT2D eigenvalue weighted by Crippen LogP contribution is 2.38. The summed E-state index contributed by atoms with van der Waals surface area (Å²) in [5.41, 5.74) is 8.47. The quantitative estimate of drug-likeness (QED) is 0.112. The first-order valence-corrected chi connectivity index (χ1v) is 15.0. The number of para-hydroxylation sites is 4. The number of hydrogen-bond acceptors (Lipinski definition) is 4. The molecule has 0 bridgehead atoms. The van der Waals surface area contributed by atoms with Gasteiger partial charge in [0.05, 0.1) is 0 Å². The fourth-order valence-electron chi connectivity index (χ4n) is 5.52. The maximum absolute atomic E-state index is 12.1. The average molecular weight is 587 g/mol. The van der Waals surface area contributed by atoms with E-state index in [1.54, 1.807) is 0 Å². The predicted molar refractivity (Wildman–Crippen MR) is 185 cm³/mol. The van der Waals surface area contributed by atoms with Crippen molar-refractivity contribution in [2.24, 2.45) is 0 Å². The molecule has 0 spiro atoms. The van der Waals surface area contributed by atoms with Crippen LogP contribution < -0.4 is 9.80 Å². The van der Waals surface area contributed by atoms with E-state index in [9.17, 15) is 4.79 Å². The van der Waals surface area contributed by atoms with Gasteiger partial charge in [0.25, 0.3) is 0 Å². The maximum atomic E-state index is 12.1. The second kappa shape index (κ2) is 14.1. The molecule has 6 rings (SSSR count). The van der Waals surface area contributed by atoms with Crippen molar-refractivity contribution in [3.8, 4) is 0 Å². The van der Waals surface area contributed by atoms with Crippen molar-refractivity contribution in [3.63, 3.8) is 0 Å². The van der Waals surface area contributed by atoms with Crippen molar-refractivity contribution < 1.29 is 9.53 Å². The highest BCUT2D eigenvalue weighted by atomic mass is 16.5. The van der Waals surface area contributed by atoms with Gasteiger partial charge in [-0.2, -0.15) is 0 Å². The topological polar surface area (TPSA) is 32.8 Å². The summed E-state index contributed by atoms with van der Waals surface area (Å²) in [7, 11) is 0. The second-order valence-electron chi connectivity index (χ2n) is 10.6. The van der Waals surface area contributed by atoms with E-state index in [-0.39, 0.29) is 12.5 Å². The minimum Gasteiger partial charge on any atom is -0.462 e. The van der Waals surface area contributed by atoms with Crippen LogP contribution in [0.15, 0.2) is 183 Å². The van der Waals surface area contributed by atoms with Crippen molar-refractivity contribution in [1.82, 2.24) is 0 Å². The van der Waals surface area contributed by atoms with E-state index < -0.39 is 5.97 Å². The van der Waals surface area contributed by atoms with E-state index in [0.717, 1.165) is 45.3 Å². The van der Waals surface area contributed by atoms with E-state index in [1.807, 2.05) is 72.8 Å². The third-order valence-electron chi connectivity index (χ3n) is 7.72. The molecule has 0 amide bonds. The Morgan fingerprint density at radius 3 is 1.07 bits per heavy atom. The summed E-state index contributed by atoms with van der Waals surface area (Å²) >= 11 is 0. The lowest BCUT2D eigenvalue weighted by Crippen LogP contribution is -2.14. The molecular weight excluding hydrogens is 552 g/mol. The predicted octanol–water partition coefficient (Wildman–Crippen LogP) is 10.5. The van der Waals surface area contributed by atoms with Gasteiger partial charge in [0, 0.05) is 46.1 Å². The number of benzene rings is 6. The Morgan fingerprint density at radius 1 is 0.489 bits per heavy atom. The molecule has 0 radical (unpaired) electrons. The second-order valence-corrected chi connectivity index (χ2v) is 10.6. The van der Waals surface area contributed by atoms with Gasteiger partial charge in [0.15, 0.2) is 0 Å². The SMILES string of the molecule is C=CC(=O)OCC(c1ccc(N(c2ccccc2)c2ccccc2)cc1)c1ccc(N(c2ccccc2)c2ccccc2)cc1. The summed E-state index contributed by atoms with van der Waals surface area (Å²) in [5.74, 6) is -0.604. The highest BCUT2D eigenvalue weighted by Gasteiger charge is 2.20. The molecule has 45 heavy (non-hydrogen) atoms. The lowest BCUT2D eigenvalue weighted by molar-refractivity contribution is -0.138. The van der Waals surface area contributed by atoms with Crippen LogP contribution in [-0.4, -0.2) is 12.6 Å². The summed E-state index contributed by atoms with van der Waals surface area (Å²) < 4.78 is 5.62. The van der Waals surface area contributed by atoms with Crippen LogP contribution in [0.3, 0.4) is 0 Å². The average Bonchev–Trinajstić information content (AvgIpc) is 3.11. The number of hydrogen-bond donors (Lipinski definition) is 0. The zero-order valence-electron chi connectivity index (χ0n) is 24.9. The van der Waals surface area contributed by atoms with Gasteiger partial charge in [-0.1, -0.05) is 104 Å². The van der Waals surface area contributed by atoms with Crippen LogP contribution in [0.1, 0.15) is 17.0 Å². The van der Waals surface area contributed by atoms with Gasteiger partial charge in [-0.05, 0) is 83.9 Å². The van der Waals surface area contributed by atoms with Crippen molar-refractivity contribution >= 4 is 40.1 Å². The van der Waals surface area contributed by atoms with E-state index >= 15 is 0 Å². The smallest absolute Gasteiger partial charge is 0.330 e. The van der Waals surface area contributed by atoms with Crippen molar-refractivity contribution in [2.75, 3.05) is 16.4 Å². The molecular formula is C41H34N2O2. The Balaban J connectivity index is 1.34. The Morgan fingerprint density at radius 2 is 0.778 bits per heavy atom. The third kappa shape index (κ3) is 6.87. The van der Waals surface area contributed by atoms with Crippen LogP contribution >= 0.6 is 0 Å². The van der Waals surface area contributed by atoms with Gasteiger partial charge in [0.1, 0.15) is 6.61 Å². The van der Waals surface area contributed by atoms with Crippen LogP contribution in [0.25, 0.3) is 0 Å². The summed E-state index contributed by atoms with van der Waals surface area (Å²) in [6, 6.07) is 58.3. The molecule has 0 heterocycles. The largest absolute Gasteiger partial charge is 0.462 e. The number of anilines is 6. The van der Waals surface area contributed by atoms with Crippen molar-refractivity contribution in [1.29, 1.82) is 0 Å². The minimum atomic E-state index is -0.438. The highest BCUT2D eigenvalue weighted by molar-refractivity contribution is 5.81. The van der Waals surface area contributed by atoms with Gasteiger partial charge in [0.2, 0.25) is 0 Å². The first kappa shape index (κ1) is 29.2. The molecule has 4 nitrogen and oxygen atoms in total. The van der Waals surface area contributed by atoms with Crippen LogP contribution in [0.5, 0.6) is 0 Å². The molecule has 0 unspecified atom stereocenters. The number of esters is 1. The first-order chi connectivity index (χ1) is 22.2. The van der Waals surface area contributed by atoms with E-state index in [0.29, 0.717) is 0 Å². The summed E-state index contributed by atoms with van der Waals surface area (Å²) in [5, 5.41) is 0. The fraction of sp³-hybridized carbons (Fsp3) is 0.0488. The molecule has 0 aliphatic carbocycles. The number of nitrogens with zero attached hydrogens (tertiary/aromatic N) is 2. The number of ether oxygens (including phenoxy) is 1. The van der Waals surface area contributed by atoms with Crippen LogP contribution in [0, 0.1) is 0 Å². The fourth-order valence-corrected chi connectivity index (χ4v) is 5.52. The molecule has 0 saturated carbocycles. The molecule has 6 aromatic rings. The number of carbonyl (C=O) groups excluding carboxylic acids is 1. The Hall–Kier alpha value is -5.87. The van der Waals surface area contributed by atoms with Gasteiger partial charge in [-0.25, -0.2) is 4.79 Å². The van der Waals surface area contributed by atoms with Crippen LogP contribution in [0.2, 0.25) is 0 Å². The van der Waals surface area contributed by atoms with E-state index in [2.05, 4.69) is 113 Å². The Bertz CT molecular complexity index is 1600. The molecule has 0 aliphatic rings. The molecule has 0 fully saturated rings. The molecule has 6 aromatic carbocycles. The van der Waals surface area contributed by atoms with Gasteiger partial charge < -0.3 is 14.5 Å². The molecule has 0 aromatic heterocycles. The zero-order valence-corrected chi connectivity index (χ0v) is 24.9. The molecule has 0 atom stereocenters. The lowest BCUT2D eigenvalue weighted by Gasteiger charge is -2.27. The van der Waals surface area contributed by atoms with Gasteiger partial charge >= 0.3 is 5.97 Å². The molecule has 4 heteroatoms. The lowest BCUT2D eigenvalue weighted by atomic mass is 9.91. The maximum Gasteiger partial charge on any atom is 0.330 e. The zero-order chi connectivity index (χ0) is 30.8. The molecule has 0 aliphatic heterocycles. The van der Waals surface area contributed by atoms with Crippen LogP contribution in [0.4, 0.5) is 34.1 Å². The number of carbonyl (C=O) groups is 1. The summed E-state index contributed by atoms with van der Waals surface area (Å²) in [6.45, 7) is 3.78. The summed E-state index contributed by atoms with van der Waals surface area (Å²) in [4.78, 5) is 16.6. The van der Waals surface area contributed by atoms with Gasteiger partial charge in [-0.15, -0.1) is 0 Å². The number of rotatable bonds is 11. The Kier molecular flexibility index (Phi) is 9.13. The molecule has 220 valence electrons. The molecule has 0 N–H and O–H groups in total. The van der Waals surface area contributed by atoms with E-state index in [4.69, 9.17) is 4.74 Å². The summed E-state index contributed by atoms with van der Waals surface area (Å²) in [6.07, 6.45) is 1.21. The van der Waals surface area contributed by atoms with Crippen LogP contribution in [-0.2, 0) is 9.53 Å². The van der Waals surface area contributed by atoms with E-state index in [1.165, 1.54) is 6.08 Å². The first-order valence-electron chi connectivity index (χ1n) is 15.0. The Labute approximate surface area is 265 Å². The molecule has 0 saturated heterocycles. The minimum absolute atomic E-state index is 0.166. The van der Waals surface area contributed by atoms with Gasteiger partial charge in [-0.3, -0.25) is 0 Å². The monoisotopic (exact) mass is 586 g/mol.